The van der Waals surface area contributed by atoms with Crippen LogP contribution in [0.4, 0.5) is 0 Å². The Balaban J connectivity index is 1.30. The van der Waals surface area contributed by atoms with E-state index in [-0.39, 0.29) is 23.9 Å². The number of benzene rings is 2. The van der Waals surface area contributed by atoms with Crippen LogP contribution in [-0.2, 0) is 6.42 Å². The largest absolute Gasteiger partial charge is 0.446 e. The summed E-state index contributed by atoms with van der Waals surface area (Å²) >= 11 is 0. The highest BCUT2D eigenvalue weighted by Crippen LogP contribution is 2.33. The van der Waals surface area contributed by atoms with Crippen molar-refractivity contribution in [3.8, 4) is 5.69 Å². The second kappa shape index (κ2) is 12.3. The average Bonchev–Trinajstić information content (AvgIpc) is 3.84. The topological polar surface area (TPSA) is 113 Å². The van der Waals surface area contributed by atoms with E-state index in [1.165, 1.54) is 0 Å². The van der Waals surface area contributed by atoms with E-state index < -0.39 is 12.1 Å². The van der Waals surface area contributed by atoms with Crippen molar-refractivity contribution < 1.29 is 19.1 Å². The molecule has 2 aromatic heterocycles. The molecular weight excluding hydrogens is 530 g/mol. The summed E-state index contributed by atoms with van der Waals surface area (Å²) < 4.78 is 7.54. The van der Waals surface area contributed by atoms with Gasteiger partial charge in [-0.15, -0.1) is 0 Å². The molecule has 9 nitrogen and oxygen atoms in total. The Morgan fingerprint density at radius 2 is 1.86 bits per heavy atom. The molecule has 0 bridgehead atoms. The monoisotopic (exact) mass is 567 g/mol. The minimum absolute atomic E-state index is 0.0895. The Kier molecular flexibility index (Phi) is 8.21. The van der Waals surface area contributed by atoms with E-state index in [1.807, 2.05) is 72.4 Å². The molecule has 3 N–H and O–H groups in total. The summed E-state index contributed by atoms with van der Waals surface area (Å²) in [6.07, 6.45) is 8.54. The van der Waals surface area contributed by atoms with Gasteiger partial charge in [0, 0.05) is 41.8 Å². The summed E-state index contributed by atoms with van der Waals surface area (Å²) in [4.78, 5) is 34.1. The fourth-order valence-electron chi connectivity index (χ4n) is 6.14. The lowest BCUT2D eigenvalue weighted by Crippen LogP contribution is -2.52. The van der Waals surface area contributed by atoms with Crippen LogP contribution in [0.15, 0.2) is 83.7 Å². The van der Waals surface area contributed by atoms with Gasteiger partial charge in [0.15, 0.2) is 0 Å². The summed E-state index contributed by atoms with van der Waals surface area (Å²) in [5, 5.41) is 17.8. The molecule has 218 valence electrons. The van der Waals surface area contributed by atoms with Gasteiger partial charge in [-0.25, -0.2) is 4.98 Å². The Bertz CT molecular complexity index is 1510. The van der Waals surface area contributed by atoms with Crippen LogP contribution >= 0.6 is 0 Å². The van der Waals surface area contributed by atoms with Crippen molar-refractivity contribution >= 4 is 11.8 Å². The van der Waals surface area contributed by atoms with Gasteiger partial charge in [0.25, 0.3) is 11.8 Å². The maximum absolute atomic E-state index is 13.9. The lowest BCUT2D eigenvalue weighted by molar-refractivity contribution is 0.0715. The van der Waals surface area contributed by atoms with Crippen molar-refractivity contribution in [2.45, 2.75) is 63.3 Å². The number of carbonyl (C=O) groups excluding carboxylic acids is 2. The van der Waals surface area contributed by atoms with Crippen LogP contribution in [0.2, 0.25) is 0 Å². The fraction of sp³-hybridized carbons (Fsp3) is 0.364. The van der Waals surface area contributed by atoms with E-state index in [2.05, 4.69) is 15.6 Å². The number of carbonyl (C=O) groups is 2. The van der Waals surface area contributed by atoms with Crippen LogP contribution in [0.3, 0.4) is 0 Å². The van der Waals surface area contributed by atoms with E-state index >= 15 is 0 Å². The number of aryl methyl sites for hydroxylation is 1. The third-order valence-electron chi connectivity index (χ3n) is 8.30. The second-order valence-corrected chi connectivity index (χ2v) is 11.3. The molecule has 9 heteroatoms. The normalized spacial score (nSPS) is 20.0. The molecule has 2 aromatic carbocycles. The zero-order chi connectivity index (χ0) is 29.1. The molecule has 0 aliphatic carbocycles. The summed E-state index contributed by atoms with van der Waals surface area (Å²) in [6, 6.07) is 18.1. The van der Waals surface area contributed by atoms with Crippen molar-refractivity contribution in [2.24, 2.45) is 0 Å². The van der Waals surface area contributed by atoms with Gasteiger partial charge in [-0.2, -0.15) is 0 Å². The van der Waals surface area contributed by atoms with Gasteiger partial charge in [0.2, 0.25) is 5.89 Å². The standard InChI is InChI=1S/C33H37N5O4/c1-22-21-42-32(35-22)29-12-8-16-38(29)33(41)25-18-24(19-26(20-25)37-14-5-6-15-37)31(40)36-28(17-23-9-3-2-4-10-23)30(39)27-11-7-13-34-27/h2-6,9-10,14-15,18-21,27-30,34,39H,7-8,11-13,16-17H2,1H3,(H,36,40)/t27-,28+,29?,30-/m1/s1. The van der Waals surface area contributed by atoms with Crippen LogP contribution in [0, 0.1) is 6.92 Å². The van der Waals surface area contributed by atoms with E-state index in [0.717, 1.165) is 43.5 Å². The molecule has 2 aliphatic rings. The van der Waals surface area contributed by atoms with Crippen molar-refractivity contribution in [1.29, 1.82) is 0 Å². The summed E-state index contributed by atoms with van der Waals surface area (Å²) in [5.41, 5.74) is 3.28. The Hall–Kier alpha value is -4.21. The number of aromatic nitrogens is 2. The van der Waals surface area contributed by atoms with Gasteiger partial charge in [0.05, 0.1) is 17.8 Å². The average molecular weight is 568 g/mol. The molecule has 6 rings (SSSR count). The number of oxazole rings is 1. The first-order valence-corrected chi connectivity index (χ1v) is 14.7. The number of amides is 2. The van der Waals surface area contributed by atoms with Crippen molar-refractivity contribution in [3.63, 3.8) is 0 Å². The maximum Gasteiger partial charge on any atom is 0.254 e. The number of aliphatic hydroxyl groups is 1. The van der Waals surface area contributed by atoms with Gasteiger partial charge in [-0.1, -0.05) is 30.3 Å². The highest BCUT2D eigenvalue weighted by molar-refractivity contribution is 6.01. The molecule has 0 spiro atoms. The van der Waals surface area contributed by atoms with Crippen LogP contribution in [-0.4, -0.2) is 62.6 Å². The first-order chi connectivity index (χ1) is 20.5. The van der Waals surface area contributed by atoms with Crippen molar-refractivity contribution in [2.75, 3.05) is 13.1 Å². The molecule has 2 aliphatic heterocycles. The zero-order valence-corrected chi connectivity index (χ0v) is 23.8. The number of hydrogen-bond acceptors (Lipinski definition) is 6. The number of nitrogens with one attached hydrogen (secondary N) is 2. The molecule has 2 amide bonds. The molecule has 1 unspecified atom stereocenters. The van der Waals surface area contributed by atoms with Gasteiger partial charge in [0.1, 0.15) is 12.3 Å². The predicted molar refractivity (Wildman–Crippen MR) is 158 cm³/mol. The van der Waals surface area contributed by atoms with Gasteiger partial charge in [-0.05, 0) is 81.5 Å². The van der Waals surface area contributed by atoms with Crippen LogP contribution in [0.1, 0.15) is 69.6 Å². The highest BCUT2D eigenvalue weighted by Gasteiger charge is 2.35. The highest BCUT2D eigenvalue weighted by atomic mass is 16.3. The quantitative estimate of drug-likeness (QED) is 0.279. The molecular formula is C33H37N5O4. The number of hydrogen-bond donors (Lipinski definition) is 3. The molecule has 4 heterocycles. The third-order valence-corrected chi connectivity index (χ3v) is 8.30. The minimum Gasteiger partial charge on any atom is -0.446 e. The Labute approximate surface area is 245 Å². The van der Waals surface area contributed by atoms with E-state index in [1.54, 1.807) is 23.3 Å². The van der Waals surface area contributed by atoms with E-state index in [4.69, 9.17) is 4.42 Å². The maximum atomic E-state index is 13.9. The third kappa shape index (κ3) is 6.03. The number of nitrogens with zero attached hydrogens (tertiary/aromatic N) is 3. The van der Waals surface area contributed by atoms with Crippen molar-refractivity contribution in [1.82, 2.24) is 25.1 Å². The van der Waals surface area contributed by atoms with Crippen LogP contribution in [0.5, 0.6) is 0 Å². The number of likely N-dealkylation sites (tertiary alicyclic amines) is 1. The molecule has 0 radical (unpaired) electrons. The zero-order valence-electron chi connectivity index (χ0n) is 23.8. The summed E-state index contributed by atoms with van der Waals surface area (Å²) in [5.74, 6) is 0.0286. The first-order valence-electron chi connectivity index (χ1n) is 14.7. The van der Waals surface area contributed by atoms with E-state index in [9.17, 15) is 14.7 Å². The summed E-state index contributed by atoms with van der Waals surface area (Å²) in [7, 11) is 0. The molecule has 2 saturated heterocycles. The Morgan fingerprint density at radius 1 is 1.07 bits per heavy atom. The molecule has 4 aromatic rings. The SMILES string of the molecule is Cc1coc(C2CCCN2C(=O)c2cc(C(=O)N[C@@H](Cc3ccccc3)[C@H](O)[C@H]3CCCN3)cc(-n3cccc3)c2)n1. The predicted octanol–water partition coefficient (Wildman–Crippen LogP) is 4.21. The minimum atomic E-state index is -0.764. The lowest BCUT2D eigenvalue weighted by Gasteiger charge is -2.29. The fourth-order valence-corrected chi connectivity index (χ4v) is 6.14. The number of rotatable bonds is 9. The first kappa shape index (κ1) is 27.9. The van der Waals surface area contributed by atoms with Crippen molar-refractivity contribution in [3.05, 3.63) is 108 Å². The molecule has 0 saturated carbocycles. The second-order valence-electron chi connectivity index (χ2n) is 11.3. The van der Waals surface area contributed by atoms with Gasteiger partial charge in [-0.3, -0.25) is 9.59 Å². The Morgan fingerprint density at radius 3 is 2.57 bits per heavy atom. The van der Waals surface area contributed by atoms with E-state index in [0.29, 0.717) is 35.7 Å². The molecule has 42 heavy (non-hydrogen) atoms. The summed E-state index contributed by atoms with van der Waals surface area (Å²) in [6.45, 7) is 3.30. The van der Waals surface area contributed by atoms with Crippen LogP contribution < -0.4 is 10.6 Å². The smallest absolute Gasteiger partial charge is 0.254 e. The molecule has 4 atom stereocenters. The van der Waals surface area contributed by atoms with Gasteiger partial charge < -0.3 is 29.6 Å². The van der Waals surface area contributed by atoms with Gasteiger partial charge >= 0.3 is 0 Å². The molecule has 2 fully saturated rings. The lowest BCUT2D eigenvalue weighted by atomic mass is 9.95. The van der Waals surface area contributed by atoms with Crippen LogP contribution in [0.25, 0.3) is 5.69 Å². The number of aliphatic hydroxyl groups excluding tert-OH is 1.